The van der Waals surface area contributed by atoms with Crippen LogP contribution >= 0.6 is 0 Å². The molecule has 58 heavy (non-hydrogen) atoms. The molecule has 0 N–H and O–H groups in total. The van der Waals surface area contributed by atoms with E-state index in [4.69, 9.17) is 0 Å². The second-order valence-electron chi connectivity index (χ2n) is 16.1. The third-order valence-electron chi connectivity index (χ3n) is 12.2. The number of nitrogens with zero attached hydrogens (tertiary/aromatic N) is 2. The number of pyridine rings is 1. The lowest BCUT2D eigenvalue weighted by molar-refractivity contribution is 0.630. The molecule has 11 rings (SSSR count). The quantitative estimate of drug-likeness (QED) is 0.166. The van der Waals surface area contributed by atoms with Crippen LogP contribution in [0.25, 0.3) is 94.3 Å². The molecule has 2 heteroatoms. The molecule has 0 fully saturated rings. The molecule has 0 aliphatic carbocycles. The van der Waals surface area contributed by atoms with E-state index in [0.29, 0.717) is 0 Å². The summed E-state index contributed by atoms with van der Waals surface area (Å²) in [6, 6.07) is 71.1. The van der Waals surface area contributed by atoms with Gasteiger partial charge in [-0.1, -0.05) is 141 Å². The van der Waals surface area contributed by atoms with Crippen LogP contribution < -0.4 is 0 Å². The molecule has 1 aliphatic rings. The molecule has 0 unspecified atom stereocenters. The first-order chi connectivity index (χ1) is 28.5. The van der Waals surface area contributed by atoms with Crippen LogP contribution in [-0.4, -0.2) is 9.55 Å². The fraction of sp³-hybridized carbons (Fsp3) is 0.0536. The molecule has 8 aromatic carbocycles. The Labute approximate surface area is 339 Å². The molecule has 274 valence electrons. The molecular weight excluding hydrogens is 701 g/mol. The fourth-order valence-electron chi connectivity index (χ4n) is 9.22. The molecule has 0 saturated carbocycles. The van der Waals surface area contributed by atoms with Crippen LogP contribution in [0.15, 0.2) is 207 Å². The Balaban J connectivity index is 1.13. The third kappa shape index (κ3) is 5.60. The Morgan fingerprint density at radius 3 is 1.26 bits per heavy atom. The molecule has 1 aliphatic heterocycles. The van der Waals surface area contributed by atoms with Crippen LogP contribution in [0.2, 0.25) is 0 Å². The van der Waals surface area contributed by atoms with Crippen molar-refractivity contribution in [1.82, 2.24) is 9.55 Å². The molecule has 0 bridgehead atoms. The minimum atomic E-state index is -0.310. The van der Waals surface area contributed by atoms with E-state index in [9.17, 15) is 0 Å². The van der Waals surface area contributed by atoms with Crippen molar-refractivity contribution in [2.24, 2.45) is 0 Å². The van der Waals surface area contributed by atoms with Gasteiger partial charge in [0.05, 0.1) is 16.7 Å². The van der Waals surface area contributed by atoms with Crippen LogP contribution in [0.5, 0.6) is 0 Å². The molecule has 0 radical (unpaired) electrons. The van der Waals surface area contributed by atoms with E-state index in [2.05, 4.69) is 218 Å². The maximum Gasteiger partial charge on any atom is 0.0583 e. The molecule has 0 amide bonds. The normalized spacial score (nSPS) is 12.8. The maximum absolute atomic E-state index is 4.67. The smallest absolute Gasteiger partial charge is 0.0583 e. The molecule has 3 heterocycles. The summed E-state index contributed by atoms with van der Waals surface area (Å²) in [6.07, 6.45) is 3.97. The molecule has 2 aromatic heterocycles. The highest BCUT2D eigenvalue weighted by Crippen LogP contribution is 2.50. The Bertz CT molecular complexity index is 3040. The number of hydrogen-bond donors (Lipinski definition) is 0. The molecule has 0 saturated heterocycles. The van der Waals surface area contributed by atoms with Gasteiger partial charge in [0.25, 0.3) is 0 Å². The minimum absolute atomic E-state index is 0.310. The van der Waals surface area contributed by atoms with E-state index in [1.807, 2.05) is 12.4 Å². The SMILES string of the molecule is CC1(C)c2cc(-c3cc(-c4ccccc4)cc(-c4ccccc4)c3)ccc2-n2c3ccncc3c3cc(-c4cc(-c5ccccc5)cc(-c5ccccc5)c4)cc1c32. The van der Waals surface area contributed by atoms with E-state index in [1.54, 1.807) is 0 Å². The molecule has 0 spiro atoms. The first kappa shape index (κ1) is 34.0. The second kappa shape index (κ2) is 13.4. The zero-order valence-corrected chi connectivity index (χ0v) is 32.5. The summed E-state index contributed by atoms with van der Waals surface area (Å²) in [5.41, 5.74) is 20.5. The molecular formula is C56H40N2. The highest BCUT2D eigenvalue weighted by Gasteiger charge is 2.36. The van der Waals surface area contributed by atoms with Gasteiger partial charge in [-0.25, -0.2) is 0 Å². The van der Waals surface area contributed by atoms with Crippen molar-refractivity contribution >= 4 is 21.8 Å². The van der Waals surface area contributed by atoms with Crippen LogP contribution in [0, 0.1) is 0 Å². The first-order valence-corrected chi connectivity index (χ1v) is 20.1. The van der Waals surface area contributed by atoms with Crippen molar-refractivity contribution in [3.05, 3.63) is 218 Å². The van der Waals surface area contributed by atoms with Gasteiger partial charge in [0.2, 0.25) is 0 Å². The van der Waals surface area contributed by atoms with E-state index in [0.717, 1.165) is 0 Å². The van der Waals surface area contributed by atoms with Gasteiger partial charge in [-0.3, -0.25) is 4.98 Å². The zero-order valence-electron chi connectivity index (χ0n) is 32.5. The summed E-state index contributed by atoms with van der Waals surface area (Å²) in [4.78, 5) is 4.67. The average Bonchev–Trinajstić information content (AvgIpc) is 3.63. The van der Waals surface area contributed by atoms with Crippen LogP contribution in [0.1, 0.15) is 25.0 Å². The first-order valence-electron chi connectivity index (χ1n) is 20.1. The monoisotopic (exact) mass is 740 g/mol. The van der Waals surface area contributed by atoms with Gasteiger partial charge in [-0.2, -0.15) is 0 Å². The van der Waals surface area contributed by atoms with E-state index < -0.39 is 0 Å². The number of benzene rings is 8. The van der Waals surface area contributed by atoms with Gasteiger partial charge in [-0.05, 0) is 145 Å². The average molecular weight is 741 g/mol. The Morgan fingerprint density at radius 1 is 0.362 bits per heavy atom. The summed E-state index contributed by atoms with van der Waals surface area (Å²) < 4.78 is 2.49. The second-order valence-corrected chi connectivity index (χ2v) is 16.1. The van der Waals surface area contributed by atoms with Crippen LogP contribution in [-0.2, 0) is 5.41 Å². The number of rotatable bonds is 6. The summed E-state index contributed by atoms with van der Waals surface area (Å²) in [7, 11) is 0. The van der Waals surface area contributed by atoms with Crippen molar-refractivity contribution in [2.75, 3.05) is 0 Å². The number of fused-ring (bicyclic) bond motifs is 5. The Kier molecular flexibility index (Phi) is 7.87. The summed E-state index contributed by atoms with van der Waals surface area (Å²) in [6.45, 7) is 4.80. The summed E-state index contributed by atoms with van der Waals surface area (Å²) in [5, 5.41) is 2.40. The lowest BCUT2D eigenvalue weighted by atomic mass is 9.73. The van der Waals surface area contributed by atoms with Gasteiger partial charge >= 0.3 is 0 Å². The van der Waals surface area contributed by atoms with Crippen molar-refractivity contribution < 1.29 is 0 Å². The van der Waals surface area contributed by atoms with Gasteiger partial charge in [0.1, 0.15) is 0 Å². The van der Waals surface area contributed by atoms with Crippen molar-refractivity contribution in [2.45, 2.75) is 19.3 Å². The van der Waals surface area contributed by atoms with Gasteiger partial charge in [-0.15, -0.1) is 0 Å². The molecule has 10 aromatic rings. The molecule has 0 atom stereocenters. The lowest BCUT2D eigenvalue weighted by Gasteiger charge is -2.35. The Hall–Kier alpha value is -7.29. The highest BCUT2D eigenvalue weighted by atomic mass is 15.0. The van der Waals surface area contributed by atoms with Crippen molar-refractivity contribution in [1.29, 1.82) is 0 Å². The minimum Gasteiger partial charge on any atom is -0.309 e. The van der Waals surface area contributed by atoms with E-state index >= 15 is 0 Å². The zero-order chi connectivity index (χ0) is 38.8. The van der Waals surface area contributed by atoms with Gasteiger partial charge < -0.3 is 4.57 Å². The number of hydrogen-bond acceptors (Lipinski definition) is 1. The standard InChI is InChI=1S/C56H40N2/c1-56(2)51-34-41(46-29-42(37-15-7-3-8-16-37)27-43(30-46)38-17-9-4-10-18-38)23-24-54(51)58-53-25-26-57-36-50(53)49-33-48(35-52(56)55(49)58)47-31-44(39-19-11-5-12-20-39)28-45(32-47)40-21-13-6-14-22-40/h3-36H,1-2H3. The lowest BCUT2D eigenvalue weighted by Crippen LogP contribution is -2.26. The number of aromatic nitrogens is 2. The van der Waals surface area contributed by atoms with Crippen molar-refractivity contribution in [3.63, 3.8) is 0 Å². The van der Waals surface area contributed by atoms with Gasteiger partial charge in [0, 0.05) is 28.6 Å². The van der Waals surface area contributed by atoms with Crippen LogP contribution in [0.3, 0.4) is 0 Å². The largest absolute Gasteiger partial charge is 0.309 e. The fourth-order valence-corrected chi connectivity index (χ4v) is 9.22. The predicted molar refractivity (Wildman–Crippen MR) is 243 cm³/mol. The Morgan fingerprint density at radius 2 is 0.776 bits per heavy atom. The van der Waals surface area contributed by atoms with Crippen molar-refractivity contribution in [3.8, 4) is 72.4 Å². The van der Waals surface area contributed by atoms with E-state index in [-0.39, 0.29) is 5.41 Å². The topological polar surface area (TPSA) is 17.8 Å². The summed E-state index contributed by atoms with van der Waals surface area (Å²) in [5.74, 6) is 0. The third-order valence-corrected chi connectivity index (χ3v) is 12.2. The molecule has 2 nitrogen and oxygen atoms in total. The maximum atomic E-state index is 4.67. The van der Waals surface area contributed by atoms with E-state index in [1.165, 1.54) is 105 Å². The summed E-state index contributed by atoms with van der Waals surface area (Å²) >= 11 is 0. The van der Waals surface area contributed by atoms with Gasteiger partial charge in [0.15, 0.2) is 0 Å². The highest BCUT2D eigenvalue weighted by molar-refractivity contribution is 6.12. The predicted octanol–water partition coefficient (Wildman–Crippen LogP) is 14.8. The van der Waals surface area contributed by atoms with Crippen LogP contribution in [0.4, 0.5) is 0 Å².